The normalized spacial score (nSPS) is 12.7. The van der Waals surface area contributed by atoms with Crippen molar-refractivity contribution in [2.45, 2.75) is 9.79 Å². The van der Waals surface area contributed by atoms with Crippen molar-refractivity contribution < 1.29 is 0 Å². The van der Waals surface area contributed by atoms with E-state index in [0.717, 1.165) is 39.2 Å². The third kappa shape index (κ3) is 5.06. The Labute approximate surface area is 284 Å². The molecule has 8 aromatic rings. The van der Waals surface area contributed by atoms with Crippen molar-refractivity contribution in [2.75, 3.05) is 0 Å². The molecule has 1 aliphatic heterocycles. The van der Waals surface area contributed by atoms with Crippen LogP contribution in [0.25, 0.3) is 73.6 Å². The number of fused-ring (bicyclic) bond motifs is 7. The maximum atomic E-state index is 5.22. The average molecular weight is 631 g/mol. The van der Waals surface area contributed by atoms with Crippen molar-refractivity contribution in [1.82, 2.24) is 9.55 Å². The lowest BCUT2D eigenvalue weighted by atomic mass is 9.93. The van der Waals surface area contributed by atoms with Crippen LogP contribution in [-0.2, 0) is 0 Å². The Kier molecular flexibility index (Phi) is 7.10. The summed E-state index contributed by atoms with van der Waals surface area (Å²) in [4.78, 5) is 7.71. The van der Waals surface area contributed by atoms with Gasteiger partial charge in [-0.3, -0.25) is 4.57 Å². The second-order valence-corrected chi connectivity index (χ2v) is 13.1. The lowest BCUT2D eigenvalue weighted by Gasteiger charge is -2.15. The highest BCUT2D eigenvalue weighted by Gasteiger charge is 2.18. The molecule has 48 heavy (non-hydrogen) atoms. The average Bonchev–Trinajstić information content (AvgIpc) is 3.53. The second kappa shape index (κ2) is 12.0. The van der Waals surface area contributed by atoms with E-state index in [4.69, 9.17) is 4.98 Å². The van der Waals surface area contributed by atoms with Gasteiger partial charge in [-0.15, -0.1) is 0 Å². The van der Waals surface area contributed by atoms with E-state index >= 15 is 0 Å². The van der Waals surface area contributed by atoms with Gasteiger partial charge in [0.25, 0.3) is 0 Å². The van der Waals surface area contributed by atoms with E-state index in [2.05, 4.69) is 181 Å². The highest BCUT2D eigenvalue weighted by Crippen LogP contribution is 2.44. The zero-order valence-electron chi connectivity index (χ0n) is 26.1. The maximum Gasteiger partial charge on any atom is 0.145 e. The fraction of sp³-hybridized carbons (Fsp3) is 0. The molecular formula is C45H30N2S. The Morgan fingerprint density at radius 2 is 0.979 bits per heavy atom. The summed E-state index contributed by atoms with van der Waals surface area (Å²) in [5.74, 6) is 0.937. The van der Waals surface area contributed by atoms with Crippen molar-refractivity contribution in [3.63, 3.8) is 0 Å². The summed E-state index contributed by atoms with van der Waals surface area (Å²) in [6.07, 6.45) is 4.53. The molecule has 0 unspecified atom stereocenters. The Morgan fingerprint density at radius 3 is 1.73 bits per heavy atom. The molecule has 1 aromatic heterocycles. The van der Waals surface area contributed by atoms with Gasteiger partial charge in [-0.1, -0.05) is 151 Å². The summed E-state index contributed by atoms with van der Waals surface area (Å²) >= 11 is 1.84. The van der Waals surface area contributed by atoms with Crippen LogP contribution in [0.4, 0.5) is 0 Å². The summed E-state index contributed by atoms with van der Waals surface area (Å²) in [5.41, 5.74) is 13.9. The number of imidazole rings is 1. The van der Waals surface area contributed by atoms with Crippen molar-refractivity contribution in [2.24, 2.45) is 0 Å². The van der Waals surface area contributed by atoms with E-state index < -0.39 is 0 Å². The van der Waals surface area contributed by atoms with E-state index in [1.807, 2.05) is 17.8 Å². The van der Waals surface area contributed by atoms with Crippen molar-refractivity contribution in [3.8, 4) is 50.5 Å². The van der Waals surface area contributed by atoms with Crippen LogP contribution in [0.1, 0.15) is 11.1 Å². The molecular weight excluding hydrogens is 601 g/mol. The Morgan fingerprint density at radius 1 is 0.417 bits per heavy atom. The Hall–Kier alpha value is -5.90. The van der Waals surface area contributed by atoms with Crippen LogP contribution in [0.3, 0.4) is 0 Å². The lowest BCUT2D eigenvalue weighted by Crippen LogP contribution is -1.97. The molecule has 3 heteroatoms. The van der Waals surface area contributed by atoms with Crippen LogP contribution in [0.5, 0.6) is 0 Å². The van der Waals surface area contributed by atoms with Crippen molar-refractivity contribution in [1.29, 1.82) is 0 Å². The first-order valence-corrected chi connectivity index (χ1v) is 17.0. The third-order valence-corrected chi connectivity index (χ3v) is 10.2. The zero-order valence-corrected chi connectivity index (χ0v) is 26.9. The van der Waals surface area contributed by atoms with Crippen LogP contribution < -0.4 is 0 Å². The lowest BCUT2D eigenvalue weighted by molar-refractivity contribution is 1.10. The van der Waals surface area contributed by atoms with Gasteiger partial charge in [-0.2, -0.15) is 0 Å². The van der Waals surface area contributed by atoms with Gasteiger partial charge in [0.15, 0.2) is 0 Å². The molecule has 0 amide bonds. The molecule has 226 valence electrons. The maximum absolute atomic E-state index is 5.22. The summed E-state index contributed by atoms with van der Waals surface area (Å²) in [7, 11) is 0. The summed E-state index contributed by atoms with van der Waals surface area (Å²) in [6, 6.07) is 60.7. The smallest absolute Gasteiger partial charge is 0.145 e. The van der Waals surface area contributed by atoms with Crippen molar-refractivity contribution in [3.05, 3.63) is 181 Å². The number of para-hydroxylation sites is 1. The molecule has 0 atom stereocenters. The molecule has 2 heterocycles. The number of benzene rings is 7. The van der Waals surface area contributed by atoms with E-state index in [1.165, 1.54) is 43.2 Å². The quantitative estimate of drug-likeness (QED) is 0.193. The number of nitrogens with zero attached hydrogens (tertiary/aromatic N) is 2. The Bertz CT molecular complexity index is 2470. The van der Waals surface area contributed by atoms with E-state index in [-0.39, 0.29) is 0 Å². The zero-order chi connectivity index (χ0) is 31.9. The Balaban J connectivity index is 1.22. The predicted molar refractivity (Wildman–Crippen MR) is 202 cm³/mol. The van der Waals surface area contributed by atoms with Gasteiger partial charge in [0.1, 0.15) is 5.82 Å². The molecule has 0 saturated carbocycles. The van der Waals surface area contributed by atoms with E-state index in [9.17, 15) is 0 Å². The molecule has 7 aromatic carbocycles. The molecule has 0 fully saturated rings. The van der Waals surface area contributed by atoms with Gasteiger partial charge in [0.05, 0.1) is 11.0 Å². The molecule has 2 nitrogen and oxygen atoms in total. The molecule has 0 aliphatic carbocycles. The van der Waals surface area contributed by atoms with Gasteiger partial charge < -0.3 is 0 Å². The van der Waals surface area contributed by atoms with Gasteiger partial charge in [-0.25, -0.2) is 4.98 Å². The number of hydrogen-bond acceptors (Lipinski definition) is 2. The van der Waals surface area contributed by atoms with Crippen LogP contribution in [-0.4, -0.2) is 9.55 Å². The first kappa shape index (κ1) is 28.3. The molecule has 0 radical (unpaired) electrons. The van der Waals surface area contributed by atoms with Gasteiger partial charge in [-0.05, 0) is 87.0 Å². The van der Waals surface area contributed by atoms with Crippen LogP contribution in [0, 0.1) is 0 Å². The first-order valence-electron chi connectivity index (χ1n) is 16.2. The first-order chi connectivity index (χ1) is 23.8. The van der Waals surface area contributed by atoms with Crippen LogP contribution >= 0.6 is 11.8 Å². The topological polar surface area (TPSA) is 17.8 Å². The highest BCUT2D eigenvalue weighted by atomic mass is 32.2. The number of rotatable bonds is 3. The summed E-state index contributed by atoms with van der Waals surface area (Å²) < 4.78 is 2.26. The van der Waals surface area contributed by atoms with Crippen molar-refractivity contribution >= 4 is 34.9 Å². The number of hydrogen-bond donors (Lipinski definition) is 0. The minimum Gasteiger partial charge on any atom is -0.292 e. The van der Waals surface area contributed by atoms with Gasteiger partial charge in [0.2, 0.25) is 0 Å². The summed E-state index contributed by atoms with van der Waals surface area (Å²) in [6.45, 7) is 0. The number of aromatic nitrogens is 2. The predicted octanol–water partition coefficient (Wildman–Crippen LogP) is 12.3. The molecule has 1 aliphatic rings. The minimum absolute atomic E-state index is 0.937. The standard InChI is InChI=1S/C45H30N2S/c1-3-14-33(15-4-1)45-46-41-30-35(27-28-42(41)47(45)36-16-5-2-6-17-36)34-26-25-32-24-23-31-13-7-8-18-37(31)38-19-9-11-21-43(38)48-44-22-12-10-20-39(44)40(32)29-34/h1-30H/b24-23-. The molecule has 9 rings (SSSR count). The van der Waals surface area contributed by atoms with E-state index in [1.54, 1.807) is 0 Å². The fourth-order valence-electron chi connectivity index (χ4n) is 6.74. The summed E-state index contributed by atoms with van der Waals surface area (Å²) in [5, 5.41) is 0. The minimum atomic E-state index is 0.937. The largest absolute Gasteiger partial charge is 0.292 e. The van der Waals surface area contributed by atoms with Crippen LogP contribution in [0.15, 0.2) is 180 Å². The van der Waals surface area contributed by atoms with Gasteiger partial charge >= 0.3 is 0 Å². The molecule has 0 N–H and O–H groups in total. The molecule has 0 spiro atoms. The monoisotopic (exact) mass is 630 g/mol. The van der Waals surface area contributed by atoms with Gasteiger partial charge in [0, 0.05) is 21.0 Å². The van der Waals surface area contributed by atoms with Crippen LogP contribution in [0.2, 0.25) is 0 Å². The fourth-order valence-corrected chi connectivity index (χ4v) is 7.84. The highest BCUT2D eigenvalue weighted by molar-refractivity contribution is 7.99. The SMILES string of the molecule is C1=C\c2ccc(-c3ccc4c(c3)nc(-c3ccccc3)n4-c3ccccc3)cc2-c2ccccc2Sc2ccccc2-c2ccccc2/1. The molecule has 0 saturated heterocycles. The third-order valence-electron chi connectivity index (χ3n) is 9.07. The second-order valence-electron chi connectivity index (χ2n) is 12.0. The molecule has 0 bridgehead atoms. The van der Waals surface area contributed by atoms with E-state index in [0.29, 0.717) is 0 Å².